The molecule has 1 unspecified atom stereocenters. The number of nitrogens with two attached hydrogens (primary N) is 4. The van der Waals surface area contributed by atoms with Crippen molar-refractivity contribution in [3.05, 3.63) is 0 Å². The molecule has 0 saturated heterocycles. The first kappa shape index (κ1) is 31.2. The van der Waals surface area contributed by atoms with Crippen LogP contribution in [0.15, 0.2) is 0 Å². The fourth-order valence-electron chi connectivity index (χ4n) is 1.48. The molecule has 172 valence electrons. The minimum atomic E-state index is -1.07. The predicted octanol–water partition coefficient (Wildman–Crippen LogP) is -1.97. The van der Waals surface area contributed by atoms with Crippen molar-refractivity contribution in [3.8, 4) is 0 Å². The van der Waals surface area contributed by atoms with Crippen molar-refractivity contribution in [3.63, 3.8) is 0 Å². The number of carbonyl (C=O) groups is 3. The normalized spacial score (nSPS) is 12.7. The van der Waals surface area contributed by atoms with E-state index in [0.29, 0.717) is 25.8 Å². The molecule has 29 heavy (non-hydrogen) atoms. The number of rotatable bonds is 12. The summed E-state index contributed by atoms with van der Waals surface area (Å²) in [6.07, 6.45) is 3.58. The lowest BCUT2D eigenvalue weighted by Crippen LogP contribution is -2.34. The number of carboxylic acid groups (broad SMARTS) is 3. The second kappa shape index (κ2) is 20.3. The van der Waals surface area contributed by atoms with Crippen molar-refractivity contribution < 1.29 is 34.8 Å². The lowest BCUT2D eigenvalue weighted by molar-refractivity contribution is -0.139. The quantitative estimate of drug-likeness (QED) is 0.0927. The minimum Gasteiger partial charge on any atom is -0.480 e. The van der Waals surface area contributed by atoms with Crippen LogP contribution in [0.4, 0.5) is 0 Å². The smallest absolute Gasteiger partial charge is 0.320 e. The summed E-state index contributed by atoms with van der Waals surface area (Å²) in [6.45, 7) is 2.32. The highest BCUT2D eigenvalue weighted by molar-refractivity contribution is 5.74. The van der Waals surface area contributed by atoms with E-state index >= 15 is 0 Å². The Morgan fingerprint density at radius 3 is 1.52 bits per heavy atom. The maximum Gasteiger partial charge on any atom is 0.320 e. The molecule has 0 aliphatic heterocycles. The maximum absolute atomic E-state index is 10.2. The van der Waals surface area contributed by atoms with Gasteiger partial charge in [-0.15, -0.1) is 0 Å². The van der Waals surface area contributed by atoms with Gasteiger partial charge >= 0.3 is 17.9 Å². The minimum absolute atomic E-state index is 0.112. The number of hydrogen-bond donors (Lipinski definition) is 10. The molecule has 0 aromatic carbocycles. The van der Waals surface area contributed by atoms with Gasteiger partial charge in [-0.05, 0) is 25.7 Å². The van der Waals surface area contributed by atoms with Gasteiger partial charge in [-0.1, -0.05) is 19.8 Å². The van der Waals surface area contributed by atoms with E-state index in [1.807, 2.05) is 6.92 Å². The number of nitrogens with one attached hydrogen (secondary N) is 2. The van der Waals surface area contributed by atoms with E-state index in [9.17, 15) is 14.4 Å². The van der Waals surface area contributed by atoms with Crippen LogP contribution in [0.25, 0.3) is 0 Å². The Bertz CT molecular complexity index is 479. The van der Waals surface area contributed by atoms with Gasteiger partial charge in [0.2, 0.25) is 0 Å². The van der Waals surface area contributed by atoms with E-state index in [4.69, 9.17) is 48.8 Å². The Morgan fingerprint density at radius 2 is 1.24 bits per heavy atom. The average molecular weight is 424 g/mol. The first-order valence-corrected chi connectivity index (χ1v) is 9.04. The summed E-state index contributed by atoms with van der Waals surface area (Å²) in [4.78, 5) is 30.1. The Hall–Kier alpha value is -2.48. The molecular formula is C16H36N6O7. The second-order valence-corrected chi connectivity index (χ2v) is 5.97. The molecule has 14 N–H and O–H groups in total. The highest BCUT2D eigenvalue weighted by Gasteiger charge is 2.10. The predicted molar refractivity (Wildman–Crippen MR) is 107 cm³/mol. The van der Waals surface area contributed by atoms with E-state index in [-0.39, 0.29) is 19.0 Å². The molecule has 0 heterocycles. The Kier molecular flexibility index (Phi) is 21.8. The van der Waals surface area contributed by atoms with Crippen molar-refractivity contribution in [2.24, 2.45) is 22.9 Å². The van der Waals surface area contributed by atoms with Gasteiger partial charge < -0.3 is 48.7 Å². The molecule has 0 fully saturated rings. The number of guanidine groups is 1. The molecule has 3 atom stereocenters. The summed E-state index contributed by atoms with van der Waals surface area (Å²) < 4.78 is 0. The monoisotopic (exact) mass is 424 g/mol. The molecule has 0 aromatic heterocycles. The maximum atomic E-state index is 10.2. The molecule has 13 heteroatoms. The van der Waals surface area contributed by atoms with E-state index in [1.54, 1.807) is 0 Å². The summed E-state index contributed by atoms with van der Waals surface area (Å²) in [6, 6.07) is -2.40. The van der Waals surface area contributed by atoms with Crippen LogP contribution < -0.4 is 28.3 Å². The Labute approximate surface area is 169 Å². The fraction of sp³-hybridized carbons (Fsp3) is 0.750. The van der Waals surface area contributed by atoms with Gasteiger partial charge in [0.25, 0.3) is 0 Å². The van der Waals surface area contributed by atoms with Crippen molar-refractivity contribution in [2.45, 2.75) is 63.6 Å². The van der Waals surface area contributed by atoms with Crippen LogP contribution in [0.1, 0.15) is 45.4 Å². The first-order valence-electron chi connectivity index (χ1n) is 9.04. The number of carboxylic acids is 3. The van der Waals surface area contributed by atoms with Gasteiger partial charge in [-0.3, -0.25) is 19.8 Å². The summed E-state index contributed by atoms with van der Waals surface area (Å²) in [7, 11) is 0. The van der Waals surface area contributed by atoms with E-state index < -0.39 is 36.0 Å². The lowest BCUT2D eigenvalue weighted by atomic mass is 10.1. The number of aliphatic hydroxyl groups excluding tert-OH is 1. The zero-order chi connectivity index (χ0) is 23.4. The molecule has 0 aromatic rings. The Balaban J connectivity index is -0.000000359. The molecule has 0 amide bonds. The standard InChI is InChI=1S/C6H14N4O2.C6H13NO2.C4H9NO3/c7-4(5(11)12)2-1-3-10-6(8)9;1-2-3-4-5(7)6(8)9;5-3(1-2-6)4(7)8/h4H,1-3,7H2,(H,11,12)(H4,8,9,10);5H,2-4,7H2,1H3,(H,8,9);3,6H,1-2,5H2,(H,7,8)/t4-;;3-/m0.0/s1. The van der Waals surface area contributed by atoms with Crippen LogP contribution >= 0.6 is 0 Å². The zero-order valence-corrected chi connectivity index (χ0v) is 16.7. The van der Waals surface area contributed by atoms with Gasteiger partial charge in [0.15, 0.2) is 5.96 Å². The topological polar surface area (TPSA) is 272 Å². The Morgan fingerprint density at radius 1 is 0.862 bits per heavy atom. The van der Waals surface area contributed by atoms with E-state index in [0.717, 1.165) is 12.8 Å². The molecule has 0 saturated carbocycles. The molecular weight excluding hydrogens is 388 g/mol. The first-order chi connectivity index (χ1) is 13.4. The van der Waals surface area contributed by atoms with Crippen molar-refractivity contribution in [2.75, 3.05) is 13.2 Å². The number of unbranched alkanes of at least 4 members (excludes halogenated alkanes) is 1. The molecule has 0 radical (unpaired) electrons. The molecule has 0 rings (SSSR count). The third-order valence-corrected chi connectivity index (χ3v) is 3.27. The largest absolute Gasteiger partial charge is 0.480 e. The summed E-state index contributed by atoms with van der Waals surface area (Å²) >= 11 is 0. The second-order valence-electron chi connectivity index (χ2n) is 5.97. The van der Waals surface area contributed by atoms with Gasteiger partial charge in [-0.2, -0.15) is 0 Å². The summed E-state index contributed by atoms with van der Waals surface area (Å²) in [5, 5.41) is 42.2. The van der Waals surface area contributed by atoms with Crippen molar-refractivity contribution in [1.82, 2.24) is 5.32 Å². The van der Waals surface area contributed by atoms with Crippen LogP contribution in [0, 0.1) is 5.41 Å². The van der Waals surface area contributed by atoms with Gasteiger partial charge in [0.1, 0.15) is 18.1 Å². The molecule has 0 aliphatic rings. The highest BCUT2D eigenvalue weighted by atomic mass is 16.4. The lowest BCUT2D eigenvalue weighted by Gasteiger charge is -2.06. The third kappa shape index (κ3) is 25.5. The third-order valence-electron chi connectivity index (χ3n) is 3.27. The number of hydrogen-bond acceptors (Lipinski definition) is 8. The van der Waals surface area contributed by atoms with Gasteiger partial charge in [-0.25, -0.2) is 0 Å². The van der Waals surface area contributed by atoms with Gasteiger partial charge in [0, 0.05) is 13.2 Å². The summed E-state index contributed by atoms with van der Waals surface area (Å²) in [5.74, 6) is -3.08. The van der Waals surface area contributed by atoms with Crippen LogP contribution in [-0.4, -0.2) is 75.6 Å². The van der Waals surface area contributed by atoms with Crippen LogP contribution in [0.3, 0.4) is 0 Å². The van der Waals surface area contributed by atoms with E-state index in [1.165, 1.54) is 0 Å². The van der Waals surface area contributed by atoms with Gasteiger partial charge in [0.05, 0.1) is 0 Å². The van der Waals surface area contributed by atoms with E-state index in [2.05, 4.69) is 5.32 Å². The van der Waals surface area contributed by atoms with Crippen molar-refractivity contribution in [1.29, 1.82) is 5.41 Å². The molecule has 0 aliphatic carbocycles. The van der Waals surface area contributed by atoms with Crippen molar-refractivity contribution >= 4 is 23.9 Å². The molecule has 0 spiro atoms. The van der Waals surface area contributed by atoms with Crippen LogP contribution in [0.5, 0.6) is 0 Å². The van der Waals surface area contributed by atoms with Crippen LogP contribution in [0.2, 0.25) is 0 Å². The number of aliphatic carboxylic acids is 3. The molecule has 13 nitrogen and oxygen atoms in total. The zero-order valence-electron chi connectivity index (χ0n) is 16.7. The SMILES string of the molecule is CCCCC(N)C(=O)O.N=C(N)NCCC[C@H](N)C(=O)O.N[C@@H](CCO)C(=O)O. The average Bonchev–Trinajstić information content (AvgIpc) is 2.63. The fourth-order valence-corrected chi connectivity index (χ4v) is 1.48. The summed E-state index contributed by atoms with van der Waals surface area (Å²) in [5.41, 5.74) is 20.4. The highest BCUT2D eigenvalue weighted by Crippen LogP contribution is 1.97. The van der Waals surface area contributed by atoms with Crippen LogP contribution in [-0.2, 0) is 14.4 Å². The molecule has 0 bridgehead atoms. The number of aliphatic hydroxyl groups is 1.